The second-order valence-corrected chi connectivity index (χ2v) is 5.84. The molecule has 0 saturated heterocycles. The molecule has 1 rings (SSSR count). The molecule has 0 aromatic carbocycles. The molecule has 0 bridgehead atoms. The average molecular weight is 340 g/mol. The molecule has 1 aromatic rings. The number of nitrogens with one attached hydrogen (secondary N) is 2. The minimum absolute atomic E-state index is 0.445. The largest absolute Gasteiger partial charge is 0.357 e. The van der Waals surface area contributed by atoms with Crippen molar-refractivity contribution in [3.63, 3.8) is 0 Å². The second kappa shape index (κ2) is 11.2. The Balaban J connectivity index is 2.47. The minimum atomic E-state index is 0.445. The Labute approximate surface area is 145 Å². The van der Waals surface area contributed by atoms with Crippen LogP contribution >= 0.6 is 11.6 Å². The molecule has 1 heterocycles. The van der Waals surface area contributed by atoms with E-state index in [1.54, 1.807) is 0 Å². The van der Waals surface area contributed by atoms with Crippen LogP contribution in [0, 0.1) is 0 Å². The summed E-state index contributed by atoms with van der Waals surface area (Å²) in [5, 5.41) is 7.20. The number of rotatable bonds is 9. The average Bonchev–Trinajstić information content (AvgIpc) is 2.55. The number of nitrogens with zero attached hydrogens (tertiary/aromatic N) is 3. The van der Waals surface area contributed by atoms with Crippen molar-refractivity contribution in [2.45, 2.75) is 40.2 Å². The lowest BCUT2D eigenvalue weighted by molar-refractivity contribution is 0.237. The van der Waals surface area contributed by atoms with Crippen molar-refractivity contribution in [3.8, 4) is 0 Å². The van der Waals surface area contributed by atoms with E-state index in [9.17, 15) is 0 Å². The van der Waals surface area contributed by atoms with Gasteiger partial charge < -0.3 is 10.6 Å². The predicted molar refractivity (Wildman–Crippen MR) is 99.3 cm³/mol. The molecule has 0 aliphatic rings. The van der Waals surface area contributed by atoms with Gasteiger partial charge in [-0.3, -0.25) is 9.89 Å². The number of hydrogen-bond donors (Lipinski definition) is 2. The van der Waals surface area contributed by atoms with E-state index in [4.69, 9.17) is 16.6 Å². The van der Waals surface area contributed by atoms with Gasteiger partial charge in [0, 0.05) is 25.3 Å². The van der Waals surface area contributed by atoms with Crippen LogP contribution in [0.2, 0.25) is 5.15 Å². The molecule has 0 radical (unpaired) electrons. The van der Waals surface area contributed by atoms with Crippen LogP contribution in [0.1, 0.15) is 33.3 Å². The van der Waals surface area contributed by atoms with Crippen LogP contribution < -0.4 is 10.6 Å². The van der Waals surface area contributed by atoms with Crippen LogP contribution in [0.5, 0.6) is 0 Å². The molecule has 5 nitrogen and oxygen atoms in total. The zero-order valence-electron chi connectivity index (χ0n) is 14.8. The third-order valence-corrected chi connectivity index (χ3v) is 4.01. The van der Waals surface area contributed by atoms with Crippen LogP contribution in [0.4, 0.5) is 0 Å². The highest BCUT2D eigenvalue weighted by Gasteiger charge is 2.09. The van der Waals surface area contributed by atoms with Crippen molar-refractivity contribution in [1.82, 2.24) is 20.5 Å². The molecule has 1 aromatic heterocycles. The van der Waals surface area contributed by atoms with Crippen molar-refractivity contribution in [3.05, 3.63) is 29.0 Å². The maximum absolute atomic E-state index is 5.80. The molecule has 1 atom stereocenters. The molecular formula is C17H30ClN5. The van der Waals surface area contributed by atoms with Crippen molar-refractivity contribution in [1.29, 1.82) is 0 Å². The first-order valence-corrected chi connectivity index (χ1v) is 8.85. The highest BCUT2D eigenvalue weighted by Crippen LogP contribution is 2.05. The summed E-state index contributed by atoms with van der Waals surface area (Å²) in [6, 6.07) is 4.27. The summed E-state index contributed by atoms with van der Waals surface area (Å²) >= 11 is 5.80. The van der Waals surface area contributed by atoms with Gasteiger partial charge in [-0.25, -0.2) is 4.98 Å². The Hall–Kier alpha value is -1.33. The first-order valence-electron chi connectivity index (χ1n) is 8.47. The molecule has 0 saturated carbocycles. The standard InChI is InChI=1S/C17H30ClN5/c1-5-19-17(22-12-14(4)23(6-2)7-3)20-11-10-15-8-9-16(18)21-13-15/h8-9,13-14H,5-7,10-12H2,1-4H3,(H2,19,20,22). The van der Waals surface area contributed by atoms with E-state index in [1.165, 1.54) is 0 Å². The maximum Gasteiger partial charge on any atom is 0.191 e. The quantitative estimate of drug-likeness (QED) is 0.412. The number of halogens is 1. The van der Waals surface area contributed by atoms with E-state index in [0.29, 0.717) is 11.2 Å². The topological polar surface area (TPSA) is 52.6 Å². The molecule has 130 valence electrons. The molecule has 23 heavy (non-hydrogen) atoms. The molecule has 0 aliphatic carbocycles. The monoisotopic (exact) mass is 339 g/mol. The summed E-state index contributed by atoms with van der Waals surface area (Å²) in [6.45, 7) is 13.2. The summed E-state index contributed by atoms with van der Waals surface area (Å²) < 4.78 is 0. The molecule has 0 fully saturated rings. The predicted octanol–water partition coefficient (Wildman–Crippen LogP) is 2.56. The molecule has 0 aliphatic heterocycles. The number of aliphatic imine (C=N–C) groups is 1. The van der Waals surface area contributed by atoms with Gasteiger partial charge in [-0.05, 0) is 45.0 Å². The number of likely N-dealkylation sites (N-methyl/N-ethyl adjacent to an activating group) is 1. The minimum Gasteiger partial charge on any atom is -0.357 e. The summed E-state index contributed by atoms with van der Waals surface area (Å²) in [4.78, 5) is 11.2. The lowest BCUT2D eigenvalue weighted by Crippen LogP contribution is -2.40. The van der Waals surface area contributed by atoms with E-state index < -0.39 is 0 Å². The highest BCUT2D eigenvalue weighted by atomic mass is 35.5. The Bertz CT molecular complexity index is 457. The van der Waals surface area contributed by atoms with Crippen LogP contribution in [0.15, 0.2) is 23.3 Å². The van der Waals surface area contributed by atoms with E-state index >= 15 is 0 Å². The van der Waals surface area contributed by atoms with Gasteiger partial charge in [0.2, 0.25) is 0 Å². The molecule has 1 unspecified atom stereocenters. The van der Waals surface area contributed by atoms with Gasteiger partial charge in [-0.1, -0.05) is 31.5 Å². The lowest BCUT2D eigenvalue weighted by Gasteiger charge is -2.25. The van der Waals surface area contributed by atoms with Crippen LogP contribution in [0.3, 0.4) is 0 Å². The van der Waals surface area contributed by atoms with Gasteiger partial charge in [0.15, 0.2) is 5.96 Å². The third kappa shape index (κ3) is 7.66. The third-order valence-electron chi connectivity index (χ3n) is 3.79. The Morgan fingerprint density at radius 1 is 1.26 bits per heavy atom. The van der Waals surface area contributed by atoms with Crippen LogP contribution in [0.25, 0.3) is 0 Å². The van der Waals surface area contributed by atoms with Crippen molar-refractivity contribution in [2.75, 3.05) is 32.7 Å². The summed E-state index contributed by atoms with van der Waals surface area (Å²) in [6.07, 6.45) is 2.71. The SMILES string of the molecule is CCNC(=NCC(C)N(CC)CC)NCCc1ccc(Cl)nc1. The first-order chi connectivity index (χ1) is 11.1. The van der Waals surface area contributed by atoms with E-state index in [1.807, 2.05) is 18.3 Å². The van der Waals surface area contributed by atoms with E-state index in [-0.39, 0.29) is 0 Å². The Morgan fingerprint density at radius 2 is 2.00 bits per heavy atom. The van der Waals surface area contributed by atoms with Crippen molar-refractivity contribution >= 4 is 17.6 Å². The Kier molecular flexibility index (Phi) is 9.64. The molecular weight excluding hydrogens is 310 g/mol. The molecule has 0 amide bonds. The van der Waals surface area contributed by atoms with E-state index in [2.05, 4.69) is 48.2 Å². The normalized spacial score (nSPS) is 13.2. The number of pyridine rings is 1. The molecule has 6 heteroatoms. The van der Waals surface area contributed by atoms with Crippen LogP contribution in [-0.2, 0) is 6.42 Å². The van der Waals surface area contributed by atoms with Gasteiger partial charge in [0.25, 0.3) is 0 Å². The second-order valence-electron chi connectivity index (χ2n) is 5.46. The zero-order chi connectivity index (χ0) is 17.1. The van der Waals surface area contributed by atoms with Gasteiger partial charge in [-0.2, -0.15) is 0 Å². The summed E-state index contributed by atoms with van der Waals surface area (Å²) in [5.41, 5.74) is 1.16. The fourth-order valence-corrected chi connectivity index (χ4v) is 2.52. The van der Waals surface area contributed by atoms with Gasteiger partial charge in [-0.15, -0.1) is 0 Å². The number of aromatic nitrogens is 1. The van der Waals surface area contributed by atoms with Crippen molar-refractivity contribution in [2.24, 2.45) is 4.99 Å². The fourth-order valence-electron chi connectivity index (χ4n) is 2.41. The lowest BCUT2D eigenvalue weighted by atomic mass is 10.2. The van der Waals surface area contributed by atoms with Gasteiger partial charge in [0.05, 0.1) is 6.54 Å². The van der Waals surface area contributed by atoms with Gasteiger partial charge >= 0.3 is 0 Å². The maximum atomic E-state index is 5.80. The Morgan fingerprint density at radius 3 is 2.57 bits per heavy atom. The highest BCUT2D eigenvalue weighted by molar-refractivity contribution is 6.29. The number of guanidine groups is 1. The van der Waals surface area contributed by atoms with Crippen molar-refractivity contribution < 1.29 is 0 Å². The summed E-state index contributed by atoms with van der Waals surface area (Å²) in [5.74, 6) is 0.869. The smallest absolute Gasteiger partial charge is 0.191 e. The summed E-state index contributed by atoms with van der Waals surface area (Å²) in [7, 11) is 0. The molecule has 0 spiro atoms. The fraction of sp³-hybridized carbons (Fsp3) is 0.647. The number of hydrogen-bond acceptors (Lipinski definition) is 3. The van der Waals surface area contributed by atoms with E-state index in [0.717, 1.165) is 50.7 Å². The molecule has 2 N–H and O–H groups in total. The van der Waals surface area contributed by atoms with Gasteiger partial charge in [0.1, 0.15) is 5.15 Å². The van der Waals surface area contributed by atoms with Crippen LogP contribution in [-0.4, -0.2) is 54.6 Å². The zero-order valence-corrected chi connectivity index (χ0v) is 15.5. The first kappa shape index (κ1) is 19.7.